The van der Waals surface area contributed by atoms with E-state index in [1.165, 1.54) is 12.8 Å². The topological polar surface area (TPSA) is 73.1 Å². The Balaban J connectivity index is 1.69. The first-order valence-electron chi connectivity index (χ1n) is 7.31. The Morgan fingerprint density at radius 2 is 2.33 bits per heavy atom. The molecular weight excluding hydrogens is 268 g/mol. The zero-order chi connectivity index (χ0) is 14.7. The van der Waals surface area contributed by atoms with Crippen molar-refractivity contribution in [2.24, 2.45) is 5.92 Å². The van der Waals surface area contributed by atoms with Crippen molar-refractivity contribution in [1.82, 2.24) is 20.4 Å². The minimum atomic E-state index is 0.175. The molecule has 0 radical (unpaired) electrons. The number of piperidine rings is 1. The van der Waals surface area contributed by atoms with Crippen LogP contribution in [0.1, 0.15) is 43.1 Å². The standard InChI is InChI=1S/C15H20N4O2/c1-10-4-3-7-16-14(10)15-18-12(19-21-15)8-11-5-6-13(20-2)17-9-11/h5-6,9-10,14,16H,3-4,7-8H2,1-2H3. The zero-order valence-corrected chi connectivity index (χ0v) is 12.4. The predicted molar refractivity (Wildman–Crippen MR) is 77.0 cm³/mol. The molecule has 0 saturated carbocycles. The number of nitrogens with zero attached hydrogens (tertiary/aromatic N) is 3. The molecule has 2 atom stereocenters. The second-order valence-corrected chi connectivity index (χ2v) is 5.49. The van der Waals surface area contributed by atoms with Crippen LogP contribution in [-0.2, 0) is 6.42 Å². The average Bonchev–Trinajstić information content (AvgIpc) is 2.97. The van der Waals surface area contributed by atoms with Crippen molar-refractivity contribution < 1.29 is 9.26 Å². The molecule has 1 aliphatic heterocycles. The minimum absolute atomic E-state index is 0.175. The highest BCUT2D eigenvalue weighted by Gasteiger charge is 2.27. The molecule has 3 heterocycles. The number of nitrogens with one attached hydrogen (secondary N) is 1. The Morgan fingerprint density at radius 1 is 1.43 bits per heavy atom. The molecule has 1 N–H and O–H groups in total. The quantitative estimate of drug-likeness (QED) is 0.929. The van der Waals surface area contributed by atoms with Crippen LogP contribution in [0.2, 0.25) is 0 Å². The van der Waals surface area contributed by atoms with E-state index >= 15 is 0 Å². The molecule has 6 nitrogen and oxygen atoms in total. The summed E-state index contributed by atoms with van der Waals surface area (Å²) >= 11 is 0. The van der Waals surface area contributed by atoms with Gasteiger partial charge in [0.1, 0.15) is 0 Å². The fourth-order valence-electron chi connectivity index (χ4n) is 2.66. The zero-order valence-electron chi connectivity index (χ0n) is 12.4. The van der Waals surface area contributed by atoms with Crippen LogP contribution in [0, 0.1) is 5.92 Å². The van der Waals surface area contributed by atoms with Gasteiger partial charge >= 0.3 is 0 Å². The number of aromatic nitrogens is 3. The Kier molecular flexibility index (Phi) is 4.15. The molecule has 0 spiro atoms. The predicted octanol–water partition coefficient (Wildman–Crippen LogP) is 2.12. The molecule has 0 aliphatic carbocycles. The van der Waals surface area contributed by atoms with Crippen LogP contribution in [-0.4, -0.2) is 28.8 Å². The maximum absolute atomic E-state index is 5.42. The smallest absolute Gasteiger partial charge is 0.244 e. The van der Waals surface area contributed by atoms with Crippen LogP contribution in [0.4, 0.5) is 0 Å². The summed E-state index contributed by atoms with van der Waals surface area (Å²) in [6.07, 6.45) is 4.78. The maximum Gasteiger partial charge on any atom is 0.244 e. The lowest BCUT2D eigenvalue weighted by Crippen LogP contribution is -2.33. The number of ether oxygens (including phenoxy) is 1. The monoisotopic (exact) mass is 288 g/mol. The molecule has 3 rings (SSSR count). The summed E-state index contributed by atoms with van der Waals surface area (Å²) in [7, 11) is 1.60. The number of rotatable bonds is 4. The summed E-state index contributed by atoms with van der Waals surface area (Å²) in [6.45, 7) is 3.23. The van der Waals surface area contributed by atoms with Crippen molar-refractivity contribution in [3.8, 4) is 5.88 Å². The third kappa shape index (κ3) is 3.21. The molecular formula is C15H20N4O2. The van der Waals surface area contributed by atoms with Crippen LogP contribution >= 0.6 is 0 Å². The van der Waals surface area contributed by atoms with Crippen molar-refractivity contribution >= 4 is 0 Å². The van der Waals surface area contributed by atoms with Crippen molar-refractivity contribution in [3.05, 3.63) is 35.6 Å². The van der Waals surface area contributed by atoms with Gasteiger partial charge in [-0.25, -0.2) is 4.98 Å². The van der Waals surface area contributed by atoms with Crippen LogP contribution in [0.15, 0.2) is 22.9 Å². The highest BCUT2D eigenvalue weighted by Crippen LogP contribution is 2.27. The molecule has 112 valence electrons. The van der Waals surface area contributed by atoms with Crippen molar-refractivity contribution in [3.63, 3.8) is 0 Å². The van der Waals surface area contributed by atoms with Gasteiger partial charge in [0.2, 0.25) is 11.8 Å². The molecule has 1 saturated heterocycles. The number of hydrogen-bond donors (Lipinski definition) is 1. The lowest BCUT2D eigenvalue weighted by molar-refractivity contribution is 0.239. The van der Waals surface area contributed by atoms with Gasteiger partial charge in [0.15, 0.2) is 5.82 Å². The summed E-state index contributed by atoms with van der Waals surface area (Å²) in [5.74, 6) is 2.51. The summed E-state index contributed by atoms with van der Waals surface area (Å²) in [5, 5.41) is 7.53. The summed E-state index contributed by atoms with van der Waals surface area (Å²) in [4.78, 5) is 8.70. The van der Waals surface area contributed by atoms with Gasteiger partial charge in [-0.1, -0.05) is 18.1 Å². The van der Waals surface area contributed by atoms with Gasteiger partial charge in [0, 0.05) is 18.7 Å². The van der Waals surface area contributed by atoms with E-state index in [-0.39, 0.29) is 6.04 Å². The molecule has 0 aromatic carbocycles. The molecule has 6 heteroatoms. The van der Waals surface area contributed by atoms with Gasteiger partial charge in [0.05, 0.1) is 13.2 Å². The summed E-state index contributed by atoms with van der Waals surface area (Å²) in [6, 6.07) is 3.97. The van der Waals surface area contributed by atoms with Gasteiger partial charge in [-0.3, -0.25) is 0 Å². The summed E-state index contributed by atoms with van der Waals surface area (Å²) < 4.78 is 10.5. The van der Waals surface area contributed by atoms with Gasteiger partial charge in [-0.05, 0) is 30.9 Å². The molecule has 0 bridgehead atoms. The van der Waals surface area contributed by atoms with Crippen molar-refractivity contribution in [1.29, 1.82) is 0 Å². The first-order chi connectivity index (χ1) is 10.3. The molecule has 21 heavy (non-hydrogen) atoms. The van der Waals surface area contributed by atoms with Gasteiger partial charge in [0.25, 0.3) is 0 Å². The van der Waals surface area contributed by atoms with Crippen molar-refractivity contribution in [2.75, 3.05) is 13.7 Å². The average molecular weight is 288 g/mol. The number of pyridine rings is 1. The third-order valence-corrected chi connectivity index (χ3v) is 3.89. The van der Waals surface area contributed by atoms with Crippen LogP contribution in [0.5, 0.6) is 5.88 Å². The first-order valence-corrected chi connectivity index (χ1v) is 7.31. The molecule has 1 fully saturated rings. The van der Waals surface area contributed by atoms with E-state index in [4.69, 9.17) is 9.26 Å². The second-order valence-electron chi connectivity index (χ2n) is 5.49. The molecule has 2 aromatic rings. The number of methoxy groups -OCH3 is 1. The van der Waals surface area contributed by atoms with Gasteiger partial charge in [-0.15, -0.1) is 0 Å². The van der Waals surface area contributed by atoms with Crippen molar-refractivity contribution in [2.45, 2.75) is 32.2 Å². The molecule has 0 amide bonds. The Morgan fingerprint density at radius 3 is 3.05 bits per heavy atom. The molecule has 2 unspecified atom stereocenters. The van der Waals surface area contributed by atoms with E-state index in [1.807, 2.05) is 12.1 Å². The summed E-state index contributed by atoms with van der Waals surface area (Å²) in [5.41, 5.74) is 1.04. The SMILES string of the molecule is COc1ccc(Cc2noc(C3NCCCC3C)n2)cn1. The fraction of sp³-hybridized carbons (Fsp3) is 0.533. The van der Waals surface area contributed by atoms with Gasteiger partial charge in [-0.2, -0.15) is 4.98 Å². The fourth-order valence-corrected chi connectivity index (χ4v) is 2.66. The van der Waals surface area contributed by atoms with Crippen LogP contribution in [0.3, 0.4) is 0 Å². The van der Waals surface area contributed by atoms with Crippen LogP contribution < -0.4 is 10.1 Å². The minimum Gasteiger partial charge on any atom is -0.481 e. The molecule has 2 aromatic heterocycles. The van der Waals surface area contributed by atoms with E-state index in [9.17, 15) is 0 Å². The van der Waals surface area contributed by atoms with E-state index in [0.29, 0.717) is 29.9 Å². The largest absolute Gasteiger partial charge is 0.481 e. The lowest BCUT2D eigenvalue weighted by Gasteiger charge is -2.26. The Bertz CT molecular complexity index is 582. The van der Waals surface area contributed by atoms with Crippen LogP contribution in [0.25, 0.3) is 0 Å². The van der Waals surface area contributed by atoms with E-state index in [2.05, 4.69) is 27.4 Å². The van der Waals surface area contributed by atoms with Gasteiger partial charge < -0.3 is 14.6 Å². The second kappa shape index (κ2) is 6.22. The lowest BCUT2D eigenvalue weighted by atomic mass is 9.93. The number of hydrogen-bond acceptors (Lipinski definition) is 6. The normalized spacial score (nSPS) is 22.2. The first kappa shape index (κ1) is 14.0. The Hall–Kier alpha value is -1.95. The highest BCUT2D eigenvalue weighted by atomic mass is 16.5. The molecule has 1 aliphatic rings. The van der Waals surface area contributed by atoms with E-state index in [1.54, 1.807) is 13.3 Å². The Labute approximate surface area is 123 Å². The highest BCUT2D eigenvalue weighted by molar-refractivity contribution is 5.20. The van der Waals surface area contributed by atoms with E-state index in [0.717, 1.165) is 12.1 Å². The maximum atomic E-state index is 5.42. The third-order valence-electron chi connectivity index (χ3n) is 3.89. The van der Waals surface area contributed by atoms with E-state index < -0.39 is 0 Å².